The van der Waals surface area contributed by atoms with E-state index in [4.69, 9.17) is 39.7 Å². The summed E-state index contributed by atoms with van der Waals surface area (Å²) in [6.07, 6.45) is 11.6. The number of hydroxylamine groups is 2. The number of nitrogens with zero attached hydrogens (tertiary/aromatic N) is 5. The number of hydrogen-bond donors (Lipinski definition) is 4. The Hall–Kier alpha value is -4.04. The van der Waals surface area contributed by atoms with Crippen LogP contribution in [-0.4, -0.2) is 83.2 Å². The summed E-state index contributed by atoms with van der Waals surface area (Å²) in [5.74, 6) is 2.70. The zero-order chi connectivity index (χ0) is 31.3. The first-order valence-electron chi connectivity index (χ1n) is 16.0. The van der Waals surface area contributed by atoms with Crippen LogP contribution in [0, 0.1) is 0 Å². The fourth-order valence-corrected chi connectivity index (χ4v) is 6.67. The SMILES string of the molecule is COc1cc(NC(=O)ON2CCC(Nc3nc(N[C@H]4CC[C@H](N)CC4)nc4c3ncn4C3CCCC3)CC2)cc(OC)c1OC. The highest BCUT2D eigenvalue weighted by molar-refractivity contribution is 5.86. The van der Waals surface area contributed by atoms with Gasteiger partial charge in [0.05, 0.1) is 33.3 Å². The van der Waals surface area contributed by atoms with E-state index in [0.717, 1.165) is 68.3 Å². The number of aromatic nitrogens is 4. The van der Waals surface area contributed by atoms with Crippen LogP contribution in [0.5, 0.6) is 17.2 Å². The number of ether oxygens (including phenoxy) is 3. The molecule has 1 saturated heterocycles. The molecule has 244 valence electrons. The van der Waals surface area contributed by atoms with E-state index < -0.39 is 6.09 Å². The summed E-state index contributed by atoms with van der Waals surface area (Å²) in [6, 6.07) is 4.46. The molecule has 2 aliphatic carbocycles. The molecular weight excluding hydrogens is 578 g/mol. The first-order chi connectivity index (χ1) is 21.9. The number of benzene rings is 1. The van der Waals surface area contributed by atoms with E-state index in [9.17, 15) is 4.79 Å². The molecule has 3 heterocycles. The lowest BCUT2D eigenvalue weighted by Gasteiger charge is -2.31. The van der Waals surface area contributed by atoms with Gasteiger partial charge in [-0.05, 0) is 51.4 Å². The second-order valence-electron chi connectivity index (χ2n) is 12.2. The molecule has 0 atom stereocenters. The van der Waals surface area contributed by atoms with Gasteiger partial charge < -0.3 is 40.0 Å². The number of piperidine rings is 1. The predicted molar refractivity (Wildman–Crippen MR) is 171 cm³/mol. The van der Waals surface area contributed by atoms with Crippen LogP contribution in [-0.2, 0) is 4.84 Å². The molecule has 2 aromatic heterocycles. The number of imidazole rings is 1. The van der Waals surface area contributed by atoms with Crippen molar-refractivity contribution in [2.45, 2.75) is 88.4 Å². The molecule has 0 bridgehead atoms. The van der Waals surface area contributed by atoms with Crippen molar-refractivity contribution < 1.29 is 23.8 Å². The van der Waals surface area contributed by atoms with Crippen molar-refractivity contribution in [2.24, 2.45) is 5.73 Å². The third kappa shape index (κ3) is 7.12. The summed E-state index contributed by atoms with van der Waals surface area (Å²) in [7, 11) is 4.58. The topological polar surface area (TPSA) is 163 Å². The maximum atomic E-state index is 12.7. The van der Waals surface area contributed by atoms with Crippen LogP contribution in [0.4, 0.5) is 22.2 Å². The number of hydrogen-bond acceptors (Lipinski definition) is 12. The van der Waals surface area contributed by atoms with Gasteiger partial charge in [-0.3, -0.25) is 5.32 Å². The quantitative estimate of drug-likeness (QED) is 0.247. The fraction of sp³-hybridized carbons (Fsp3) is 0.613. The number of methoxy groups -OCH3 is 3. The Balaban J connectivity index is 1.10. The van der Waals surface area contributed by atoms with E-state index in [1.807, 2.05) is 6.33 Å². The highest BCUT2D eigenvalue weighted by Crippen LogP contribution is 2.40. The average Bonchev–Trinajstić information content (AvgIpc) is 3.73. The van der Waals surface area contributed by atoms with Crippen LogP contribution in [0.15, 0.2) is 18.5 Å². The molecule has 3 aromatic rings. The van der Waals surface area contributed by atoms with E-state index in [0.29, 0.717) is 54.1 Å². The van der Waals surface area contributed by atoms with Crippen molar-refractivity contribution in [3.63, 3.8) is 0 Å². The van der Waals surface area contributed by atoms with Gasteiger partial charge in [0.15, 0.2) is 28.5 Å². The molecule has 3 fully saturated rings. The second kappa shape index (κ2) is 13.9. The Morgan fingerprint density at radius 2 is 1.53 bits per heavy atom. The van der Waals surface area contributed by atoms with Crippen molar-refractivity contribution in [3.05, 3.63) is 18.5 Å². The lowest BCUT2D eigenvalue weighted by Crippen LogP contribution is -2.41. The van der Waals surface area contributed by atoms with Crippen LogP contribution in [0.1, 0.15) is 70.3 Å². The molecule has 45 heavy (non-hydrogen) atoms. The third-order valence-electron chi connectivity index (χ3n) is 9.16. The van der Waals surface area contributed by atoms with Crippen LogP contribution >= 0.6 is 0 Å². The highest BCUT2D eigenvalue weighted by atomic mass is 16.7. The summed E-state index contributed by atoms with van der Waals surface area (Å²) >= 11 is 0. The largest absolute Gasteiger partial charge is 0.493 e. The Morgan fingerprint density at radius 1 is 0.867 bits per heavy atom. The van der Waals surface area contributed by atoms with E-state index in [-0.39, 0.29) is 12.1 Å². The molecule has 2 saturated carbocycles. The van der Waals surface area contributed by atoms with Crippen LogP contribution in [0.3, 0.4) is 0 Å². The zero-order valence-corrected chi connectivity index (χ0v) is 26.4. The molecule has 14 nitrogen and oxygen atoms in total. The number of amides is 1. The molecule has 6 rings (SSSR count). The molecular formula is C31H45N9O5. The summed E-state index contributed by atoms with van der Waals surface area (Å²) < 4.78 is 18.3. The van der Waals surface area contributed by atoms with Gasteiger partial charge in [0.25, 0.3) is 0 Å². The van der Waals surface area contributed by atoms with Crippen molar-refractivity contribution in [1.82, 2.24) is 24.6 Å². The molecule has 5 N–H and O–H groups in total. The highest BCUT2D eigenvalue weighted by Gasteiger charge is 2.27. The summed E-state index contributed by atoms with van der Waals surface area (Å²) in [5.41, 5.74) is 8.28. The minimum Gasteiger partial charge on any atom is -0.493 e. The van der Waals surface area contributed by atoms with E-state index in [1.165, 1.54) is 34.2 Å². The minimum absolute atomic E-state index is 0.137. The van der Waals surface area contributed by atoms with Gasteiger partial charge >= 0.3 is 6.09 Å². The number of nitrogens with one attached hydrogen (secondary N) is 3. The van der Waals surface area contributed by atoms with Gasteiger partial charge in [-0.25, -0.2) is 9.78 Å². The monoisotopic (exact) mass is 623 g/mol. The Morgan fingerprint density at radius 3 is 2.18 bits per heavy atom. The van der Waals surface area contributed by atoms with E-state index >= 15 is 0 Å². The summed E-state index contributed by atoms with van der Waals surface area (Å²) in [6.45, 7) is 1.14. The minimum atomic E-state index is -0.593. The van der Waals surface area contributed by atoms with E-state index in [1.54, 1.807) is 17.2 Å². The number of nitrogens with two attached hydrogens (primary N) is 1. The number of rotatable bonds is 10. The molecule has 0 spiro atoms. The maximum absolute atomic E-state index is 12.7. The van der Waals surface area contributed by atoms with Crippen molar-refractivity contribution in [2.75, 3.05) is 50.4 Å². The van der Waals surface area contributed by atoms with E-state index in [2.05, 4.69) is 20.5 Å². The molecule has 1 aliphatic heterocycles. The summed E-state index contributed by atoms with van der Waals surface area (Å²) in [4.78, 5) is 33.0. The van der Waals surface area contributed by atoms with Crippen LogP contribution in [0.25, 0.3) is 11.2 Å². The third-order valence-corrected chi connectivity index (χ3v) is 9.16. The molecule has 14 heteroatoms. The molecule has 1 amide bonds. The Labute approximate surface area is 263 Å². The van der Waals surface area contributed by atoms with Gasteiger partial charge in [-0.15, -0.1) is 5.06 Å². The van der Waals surface area contributed by atoms with Gasteiger partial charge in [0.2, 0.25) is 11.7 Å². The molecule has 3 aliphatic rings. The molecule has 0 unspecified atom stereocenters. The number of fused-ring (bicyclic) bond motifs is 1. The predicted octanol–water partition coefficient (Wildman–Crippen LogP) is 4.69. The number of carbonyl (C=O) groups excluding carboxylic acids is 1. The average molecular weight is 624 g/mol. The Bertz CT molecular complexity index is 1440. The second-order valence-corrected chi connectivity index (χ2v) is 12.2. The Kier molecular flexibility index (Phi) is 9.59. The molecule has 1 aromatic carbocycles. The van der Waals surface area contributed by atoms with Crippen LogP contribution in [0.2, 0.25) is 0 Å². The number of anilines is 3. The van der Waals surface area contributed by atoms with Crippen molar-refractivity contribution >= 4 is 34.7 Å². The normalized spacial score (nSPS) is 21.4. The first kappa shape index (κ1) is 31.0. The lowest BCUT2D eigenvalue weighted by molar-refractivity contribution is -0.106. The fourth-order valence-electron chi connectivity index (χ4n) is 6.67. The number of carbonyl (C=O) groups is 1. The summed E-state index contributed by atoms with van der Waals surface area (Å²) in [5, 5.41) is 11.7. The van der Waals surface area contributed by atoms with Gasteiger partial charge in [-0.2, -0.15) is 9.97 Å². The standard InChI is InChI=1S/C31H45N9O5/c1-42-24-16-22(17-25(43-2)27(24)44-3)36-31(41)45-39-14-12-21(13-15-39)34-28-26-29(40(18-33-26)23-6-4-5-7-23)38-30(37-28)35-20-10-8-19(32)9-11-20/h16-21,23H,4-15,32H2,1-3H3,(H,36,41)(H2,34,35,37,38)/t19-,20-. The smallest absolute Gasteiger partial charge is 0.430 e. The lowest BCUT2D eigenvalue weighted by atomic mass is 9.92. The van der Waals surface area contributed by atoms with Gasteiger partial charge in [0.1, 0.15) is 0 Å². The first-order valence-corrected chi connectivity index (χ1v) is 16.0. The van der Waals surface area contributed by atoms with Crippen molar-refractivity contribution in [1.29, 1.82) is 0 Å². The van der Waals surface area contributed by atoms with Gasteiger partial charge in [0, 0.05) is 49.4 Å². The van der Waals surface area contributed by atoms with Crippen LogP contribution < -0.4 is 35.9 Å². The zero-order valence-electron chi connectivity index (χ0n) is 26.4. The maximum Gasteiger partial charge on any atom is 0.430 e. The van der Waals surface area contributed by atoms with Crippen molar-refractivity contribution in [3.8, 4) is 17.2 Å². The molecule has 0 radical (unpaired) electrons. The van der Waals surface area contributed by atoms with Gasteiger partial charge in [-0.1, -0.05) is 12.8 Å².